The molecule has 0 fully saturated rings. The molecule has 1 atom stereocenters. The molecule has 45 heavy (non-hydrogen) atoms. The molecule has 0 radical (unpaired) electrons. The van der Waals surface area contributed by atoms with Crippen molar-refractivity contribution in [1.82, 2.24) is 5.32 Å². The van der Waals surface area contributed by atoms with E-state index in [2.05, 4.69) is 16.0 Å². The van der Waals surface area contributed by atoms with Gasteiger partial charge < -0.3 is 16.0 Å². The lowest BCUT2D eigenvalue weighted by molar-refractivity contribution is -0.116. The van der Waals surface area contributed by atoms with Crippen LogP contribution in [0.15, 0.2) is 126 Å². The van der Waals surface area contributed by atoms with Gasteiger partial charge in [-0.15, -0.1) is 11.8 Å². The molecule has 5 aromatic rings. The lowest BCUT2D eigenvalue weighted by Crippen LogP contribution is -2.30. The predicted molar refractivity (Wildman–Crippen MR) is 186 cm³/mol. The van der Waals surface area contributed by atoms with Crippen molar-refractivity contribution in [1.29, 1.82) is 0 Å². The normalized spacial score (nSPS) is 11.9. The van der Waals surface area contributed by atoms with Crippen LogP contribution in [0.25, 0.3) is 16.8 Å². The molecule has 0 aliphatic carbocycles. The van der Waals surface area contributed by atoms with Crippen LogP contribution in [0, 0.1) is 0 Å². The maximum atomic E-state index is 13.7. The number of hydrogen-bond donors (Lipinski definition) is 3. The van der Waals surface area contributed by atoms with Crippen LogP contribution in [0.1, 0.15) is 29.3 Å². The fourth-order valence-corrected chi connectivity index (χ4v) is 5.91. The van der Waals surface area contributed by atoms with E-state index in [-0.39, 0.29) is 11.6 Å². The van der Waals surface area contributed by atoms with Gasteiger partial charge in [0.25, 0.3) is 11.8 Å². The number of thioether (sulfide) groups is 1. The standard InChI is InChI=1S/C36H29Cl2N3O3S/c1-2-33(36(44)40-27-18-19-30(37)31(38)22-27)45-28-16-9-15-26(21-28)39-35(43)32(41-34(42)24-11-4-3-5-12-24)20-25-14-8-13-23-10-6-7-17-29(23)25/h3-22,33H,2H2,1H3,(H,39,43)(H,40,44)(H,41,42)/b32-20+. The predicted octanol–water partition coefficient (Wildman–Crippen LogP) is 9.07. The molecule has 9 heteroatoms. The first-order valence-corrected chi connectivity index (χ1v) is 15.8. The zero-order valence-corrected chi connectivity index (χ0v) is 26.5. The van der Waals surface area contributed by atoms with Gasteiger partial charge in [-0.1, -0.05) is 96.9 Å². The number of amides is 3. The van der Waals surface area contributed by atoms with E-state index in [1.165, 1.54) is 11.8 Å². The van der Waals surface area contributed by atoms with Crippen LogP contribution in [-0.2, 0) is 9.59 Å². The number of fused-ring (bicyclic) bond motifs is 1. The molecule has 5 aromatic carbocycles. The summed E-state index contributed by atoms with van der Waals surface area (Å²) < 4.78 is 0. The molecule has 6 nitrogen and oxygen atoms in total. The first kappa shape index (κ1) is 31.9. The summed E-state index contributed by atoms with van der Waals surface area (Å²) in [7, 11) is 0. The van der Waals surface area contributed by atoms with Crippen molar-refractivity contribution in [2.24, 2.45) is 0 Å². The van der Waals surface area contributed by atoms with Crippen LogP contribution in [-0.4, -0.2) is 23.0 Å². The van der Waals surface area contributed by atoms with E-state index in [1.807, 2.05) is 61.5 Å². The fraction of sp³-hybridized carbons (Fsp3) is 0.0833. The number of anilines is 2. The van der Waals surface area contributed by atoms with Gasteiger partial charge in [-0.05, 0) is 77.4 Å². The summed E-state index contributed by atoms with van der Waals surface area (Å²) >= 11 is 13.5. The largest absolute Gasteiger partial charge is 0.325 e. The average Bonchev–Trinajstić information content (AvgIpc) is 3.05. The Labute approximate surface area is 275 Å². The molecule has 226 valence electrons. The molecule has 3 amide bonds. The number of benzene rings is 5. The number of carbonyl (C=O) groups excluding carboxylic acids is 3. The summed E-state index contributed by atoms with van der Waals surface area (Å²) in [4.78, 5) is 40.7. The van der Waals surface area contributed by atoms with Crippen molar-refractivity contribution >= 4 is 80.9 Å². The second kappa shape index (κ2) is 14.9. The van der Waals surface area contributed by atoms with Crippen LogP contribution in [0.3, 0.4) is 0 Å². The third-order valence-corrected chi connectivity index (χ3v) is 8.97. The van der Waals surface area contributed by atoms with Crippen LogP contribution in [0.4, 0.5) is 11.4 Å². The SMILES string of the molecule is CCC(Sc1cccc(NC(=O)/C(=C\c2cccc3ccccc23)NC(=O)c2ccccc2)c1)C(=O)Nc1ccc(Cl)c(Cl)c1. The van der Waals surface area contributed by atoms with Crippen LogP contribution in [0.2, 0.25) is 10.0 Å². The van der Waals surface area contributed by atoms with Crippen LogP contribution >= 0.6 is 35.0 Å². The number of hydrogen-bond acceptors (Lipinski definition) is 4. The molecule has 0 heterocycles. The molecular weight excluding hydrogens is 625 g/mol. The molecule has 3 N–H and O–H groups in total. The van der Waals surface area contributed by atoms with E-state index in [0.717, 1.165) is 21.2 Å². The molecule has 0 aliphatic rings. The van der Waals surface area contributed by atoms with E-state index >= 15 is 0 Å². The first-order valence-electron chi connectivity index (χ1n) is 14.2. The van der Waals surface area contributed by atoms with Crippen molar-refractivity contribution in [3.63, 3.8) is 0 Å². The highest BCUT2D eigenvalue weighted by Crippen LogP contribution is 2.30. The van der Waals surface area contributed by atoms with Gasteiger partial charge in [-0.25, -0.2) is 0 Å². The van der Waals surface area contributed by atoms with Crippen molar-refractivity contribution < 1.29 is 14.4 Å². The molecule has 0 aliphatic heterocycles. The Morgan fingerprint density at radius 1 is 0.756 bits per heavy atom. The minimum atomic E-state index is -0.487. The Hall–Kier alpha value is -4.56. The molecule has 5 rings (SSSR count). The number of rotatable bonds is 10. The summed E-state index contributed by atoms with van der Waals surface area (Å²) in [5, 5.41) is 10.9. The minimum Gasteiger partial charge on any atom is -0.325 e. The lowest BCUT2D eigenvalue weighted by Gasteiger charge is -2.16. The second-order valence-electron chi connectivity index (χ2n) is 10.1. The third-order valence-electron chi connectivity index (χ3n) is 6.87. The quantitative estimate of drug-likeness (QED) is 0.104. The third kappa shape index (κ3) is 8.34. The average molecular weight is 655 g/mol. The van der Waals surface area contributed by atoms with Gasteiger partial charge in [0.2, 0.25) is 5.91 Å². The van der Waals surface area contributed by atoms with Crippen molar-refractivity contribution in [2.75, 3.05) is 10.6 Å². The lowest BCUT2D eigenvalue weighted by atomic mass is 10.0. The number of carbonyl (C=O) groups is 3. The molecule has 0 bridgehead atoms. The summed E-state index contributed by atoms with van der Waals surface area (Å²) in [6.07, 6.45) is 2.25. The Bertz CT molecular complexity index is 1890. The first-order chi connectivity index (χ1) is 21.8. The van der Waals surface area contributed by atoms with E-state index < -0.39 is 17.1 Å². The molecule has 0 saturated heterocycles. The molecular formula is C36H29Cl2N3O3S. The summed E-state index contributed by atoms with van der Waals surface area (Å²) in [5.74, 6) is -1.07. The highest BCUT2D eigenvalue weighted by Gasteiger charge is 2.20. The smallest absolute Gasteiger partial charge is 0.272 e. The van der Waals surface area contributed by atoms with Gasteiger partial charge in [-0.2, -0.15) is 0 Å². The highest BCUT2D eigenvalue weighted by molar-refractivity contribution is 8.00. The Morgan fingerprint density at radius 2 is 1.47 bits per heavy atom. The Morgan fingerprint density at radius 3 is 2.24 bits per heavy atom. The van der Waals surface area contributed by atoms with Gasteiger partial charge in [0.15, 0.2) is 0 Å². The zero-order valence-electron chi connectivity index (χ0n) is 24.2. The van der Waals surface area contributed by atoms with Crippen molar-refractivity contribution in [3.8, 4) is 0 Å². The molecule has 1 unspecified atom stereocenters. The van der Waals surface area contributed by atoms with Gasteiger partial charge in [0.05, 0.1) is 15.3 Å². The topological polar surface area (TPSA) is 87.3 Å². The summed E-state index contributed by atoms with van der Waals surface area (Å²) in [6, 6.07) is 34.5. The maximum Gasteiger partial charge on any atom is 0.272 e. The van der Waals surface area contributed by atoms with Crippen molar-refractivity contribution in [3.05, 3.63) is 142 Å². The van der Waals surface area contributed by atoms with Gasteiger partial charge in [0, 0.05) is 21.8 Å². The molecule has 0 spiro atoms. The Balaban J connectivity index is 1.36. The number of nitrogens with one attached hydrogen (secondary N) is 3. The van der Waals surface area contributed by atoms with Gasteiger partial charge >= 0.3 is 0 Å². The van der Waals surface area contributed by atoms with Gasteiger partial charge in [0.1, 0.15) is 5.70 Å². The van der Waals surface area contributed by atoms with E-state index in [4.69, 9.17) is 23.2 Å². The summed E-state index contributed by atoms with van der Waals surface area (Å²) in [5.41, 5.74) is 2.37. The molecule has 0 aromatic heterocycles. The summed E-state index contributed by atoms with van der Waals surface area (Å²) in [6.45, 7) is 1.93. The zero-order chi connectivity index (χ0) is 31.8. The monoisotopic (exact) mass is 653 g/mol. The second-order valence-corrected chi connectivity index (χ2v) is 12.2. The van der Waals surface area contributed by atoms with Crippen LogP contribution < -0.4 is 16.0 Å². The van der Waals surface area contributed by atoms with Crippen molar-refractivity contribution in [2.45, 2.75) is 23.5 Å². The molecule has 0 saturated carbocycles. The Kier molecular flexibility index (Phi) is 10.6. The van der Waals surface area contributed by atoms with E-state index in [1.54, 1.807) is 66.7 Å². The fourth-order valence-electron chi connectivity index (χ4n) is 4.60. The van der Waals surface area contributed by atoms with Crippen LogP contribution in [0.5, 0.6) is 0 Å². The number of halogens is 2. The van der Waals surface area contributed by atoms with E-state index in [9.17, 15) is 14.4 Å². The highest BCUT2D eigenvalue weighted by atomic mass is 35.5. The van der Waals surface area contributed by atoms with Gasteiger partial charge in [-0.3, -0.25) is 14.4 Å². The maximum absolute atomic E-state index is 13.7. The van der Waals surface area contributed by atoms with E-state index in [0.29, 0.717) is 33.4 Å². The minimum absolute atomic E-state index is 0.0886.